The van der Waals surface area contributed by atoms with Crippen molar-refractivity contribution in [1.82, 2.24) is 14.9 Å². The molecule has 3 aliphatic rings. The molecular formula is C24H32FN3O2S2. The van der Waals surface area contributed by atoms with Crippen LogP contribution in [-0.2, 0) is 28.6 Å². The number of nitrogens with zero attached hydrogens (tertiary/aromatic N) is 1. The van der Waals surface area contributed by atoms with Gasteiger partial charge < -0.3 is 0 Å². The summed E-state index contributed by atoms with van der Waals surface area (Å²) in [5.74, 6) is 2.39. The fourth-order valence-electron chi connectivity index (χ4n) is 5.59. The molecule has 1 aromatic heterocycles. The molecule has 0 radical (unpaired) electrons. The van der Waals surface area contributed by atoms with Crippen molar-refractivity contribution in [2.75, 3.05) is 11.5 Å². The van der Waals surface area contributed by atoms with E-state index in [1.165, 1.54) is 25.3 Å². The molecule has 0 bridgehead atoms. The molecule has 2 saturated carbocycles. The van der Waals surface area contributed by atoms with Crippen molar-refractivity contribution < 1.29 is 12.8 Å². The predicted octanol–water partition coefficient (Wildman–Crippen LogP) is 4.70. The van der Waals surface area contributed by atoms with Gasteiger partial charge in [-0.05, 0) is 55.7 Å². The maximum atomic E-state index is 13.6. The number of sulfonamides is 1. The fraction of sp³-hybridized carbons (Fsp3) is 0.625. The largest absolute Gasteiger partial charge is 0.282 e. The summed E-state index contributed by atoms with van der Waals surface area (Å²) in [6.45, 7) is 0. The minimum absolute atomic E-state index is 0.0926. The maximum absolute atomic E-state index is 13.6. The third-order valence-corrected chi connectivity index (χ3v) is 10.1. The predicted molar refractivity (Wildman–Crippen MR) is 127 cm³/mol. The van der Waals surface area contributed by atoms with Crippen LogP contribution in [0.1, 0.15) is 73.4 Å². The summed E-state index contributed by atoms with van der Waals surface area (Å²) in [5.41, 5.74) is 3.90. The summed E-state index contributed by atoms with van der Waals surface area (Å²) < 4.78 is 42.6. The third kappa shape index (κ3) is 4.92. The highest BCUT2D eigenvalue weighted by Gasteiger charge is 2.51. The number of halogens is 1. The van der Waals surface area contributed by atoms with Gasteiger partial charge in [0.1, 0.15) is 5.82 Å². The second kappa shape index (κ2) is 9.11. The Balaban J connectivity index is 1.23. The average molecular weight is 478 g/mol. The minimum Gasteiger partial charge on any atom is -0.282 e. The van der Waals surface area contributed by atoms with Crippen LogP contribution < -0.4 is 4.72 Å². The zero-order valence-corrected chi connectivity index (χ0v) is 20.0. The van der Waals surface area contributed by atoms with E-state index in [0.717, 1.165) is 66.1 Å². The number of hydrogen-bond acceptors (Lipinski definition) is 4. The lowest BCUT2D eigenvalue weighted by atomic mass is 9.83. The Hall–Kier alpha value is -1.38. The molecule has 0 amide bonds. The number of thioether (sulfide) groups is 1. The first-order valence-electron chi connectivity index (χ1n) is 11.8. The molecule has 2 heterocycles. The first kappa shape index (κ1) is 22.4. The molecule has 0 saturated heterocycles. The van der Waals surface area contributed by atoms with Gasteiger partial charge in [-0.1, -0.05) is 31.4 Å². The quantitative estimate of drug-likeness (QED) is 0.578. The van der Waals surface area contributed by atoms with Gasteiger partial charge in [-0.3, -0.25) is 5.10 Å². The van der Waals surface area contributed by atoms with Crippen molar-refractivity contribution in [1.29, 1.82) is 0 Å². The van der Waals surface area contributed by atoms with Crippen molar-refractivity contribution in [3.05, 3.63) is 52.6 Å². The van der Waals surface area contributed by atoms with E-state index in [2.05, 4.69) is 14.9 Å². The molecule has 2 N–H and O–H groups in total. The van der Waals surface area contributed by atoms with Gasteiger partial charge in [0.2, 0.25) is 10.0 Å². The SMILES string of the molecule is O=S(=O)(CCc1[nH]nc2c1CSCC2Cc1cccc(F)c1)NC1(C2CCCCC2)CC1. The molecule has 174 valence electrons. The number of hydrogen-bond donors (Lipinski definition) is 2. The van der Waals surface area contributed by atoms with Crippen LogP contribution in [-0.4, -0.2) is 35.7 Å². The zero-order valence-electron chi connectivity index (χ0n) is 18.4. The lowest BCUT2D eigenvalue weighted by Gasteiger charge is -2.31. The number of rotatable bonds is 8. The first-order valence-corrected chi connectivity index (χ1v) is 14.6. The van der Waals surface area contributed by atoms with Crippen LogP contribution in [0.5, 0.6) is 0 Å². The Morgan fingerprint density at radius 2 is 2.03 bits per heavy atom. The van der Waals surface area contributed by atoms with Crippen molar-refractivity contribution in [2.24, 2.45) is 5.92 Å². The van der Waals surface area contributed by atoms with Crippen LogP contribution in [0.4, 0.5) is 4.39 Å². The topological polar surface area (TPSA) is 74.8 Å². The van der Waals surface area contributed by atoms with Crippen LogP contribution in [0.2, 0.25) is 0 Å². The molecule has 1 aromatic carbocycles. The summed E-state index contributed by atoms with van der Waals surface area (Å²) in [6.07, 6.45) is 9.19. The van der Waals surface area contributed by atoms with Gasteiger partial charge in [0.15, 0.2) is 0 Å². The second-order valence-electron chi connectivity index (χ2n) is 9.77. The summed E-state index contributed by atoms with van der Waals surface area (Å²) >= 11 is 1.84. The fourth-order valence-corrected chi connectivity index (χ4v) is 8.36. The van der Waals surface area contributed by atoms with E-state index in [4.69, 9.17) is 0 Å². The monoisotopic (exact) mass is 477 g/mol. The molecule has 2 fully saturated rings. The van der Waals surface area contributed by atoms with Crippen LogP contribution in [0.3, 0.4) is 0 Å². The van der Waals surface area contributed by atoms with Gasteiger partial charge in [0, 0.05) is 40.6 Å². The molecule has 32 heavy (non-hydrogen) atoms. The molecule has 1 unspecified atom stereocenters. The highest BCUT2D eigenvalue weighted by Crippen LogP contribution is 2.48. The van der Waals surface area contributed by atoms with Gasteiger partial charge in [-0.2, -0.15) is 16.9 Å². The van der Waals surface area contributed by atoms with E-state index in [1.54, 1.807) is 12.1 Å². The molecule has 0 spiro atoms. The summed E-state index contributed by atoms with van der Waals surface area (Å²) in [7, 11) is -3.34. The molecule has 2 aromatic rings. The van der Waals surface area contributed by atoms with Gasteiger partial charge in [0.25, 0.3) is 0 Å². The second-order valence-corrected chi connectivity index (χ2v) is 12.6. The number of H-pyrrole nitrogens is 1. The lowest BCUT2D eigenvalue weighted by molar-refractivity contribution is 0.276. The number of aromatic amines is 1. The van der Waals surface area contributed by atoms with Gasteiger partial charge in [-0.15, -0.1) is 0 Å². The van der Waals surface area contributed by atoms with Crippen LogP contribution in [0, 0.1) is 11.7 Å². The Morgan fingerprint density at radius 1 is 1.22 bits per heavy atom. The Morgan fingerprint density at radius 3 is 2.78 bits per heavy atom. The molecule has 1 aliphatic heterocycles. The number of nitrogens with one attached hydrogen (secondary N) is 2. The average Bonchev–Trinajstić information content (AvgIpc) is 3.42. The van der Waals surface area contributed by atoms with E-state index in [1.807, 2.05) is 17.8 Å². The highest BCUT2D eigenvalue weighted by molar-refractivity contribution is 7.98. The first-order chi connectivity index (χ1) is 15.4. The number of aryl methyl sites for hydroxylation is 1. The molecular weight excluding hydrogens is 445 g/mol. The van der Waals surface area contributed by atoms with Crippen LogP contribution in [0.15, 0.2) is 24.3 Å². The maximum Gasteiger partial charge on any atom is 0.212 e. The smallest absolute Gasteiger partial charge is 0.212 e. The van der Waals surface area contributed by atoms with E-state index >= 15 is 0 Å². The highest BCUT2D eigenvalue weighted by atomic mass is 32.2. The molecule has 5 rings (SSSR count). The normalized spacial score (nSPS) is 23.1. The summed E-state index contributed by atoms with van der Waals surface area (Å²) in [5, 5.41) is 7.70. The number of benzene rings is 1. The number of fused-ring (bicyclic) bond motifs is 1. The van der Waals surface area contributed by atoms with Crippen molar-refractivity contribution in [2.45, 2.75) is 75.0 Å². The van der Waals surface area contributed by atoms with Gasteiger partial charge in [-0.25, -0.2) is 17.5 Å². The Kier molecular flexibility index (Phi) is 6.38. The van der Waals surface area contributed by atoms with Crippen molar-refractivity contribution >= 4 is 21.8 Å². The third-order valence-electron chi connectivity index (χ3n) is 7.46. The van der Waals surface area contributed by atoms with Crippen LogP contribution >= 0.6 is 11.8 Å². The molecule has 8 heteroatoms. The minimum atomic E-state index is -3.34. The summed E-state index contributed by atoms with van der Waals surface area (Å²) in [6, 6.07) is 6.75. The molecule has 5 nitrogen and oxygen atoms in total. The van der Waals surface area contributed by atoms with Crippen molar-refractivity contribution in [3.8, 4) is 0 Å². The van der Waals surface area contributed by atoms with Gasteiger partial charge in [0.05, 0.1) is 11.4 Å². The molecule has 1 atom stereocenters. The lowest BCUT2D eigenvalue weighted by Crippen LogP contribution is -2.44. The van der Waals surface area contributed by atoms with E-state index in [0.29, 0.717) is 12.3 Å². The van der Waals surface area contributed by atoms with E-state index in [-0.39, 0.29) is 23.0 Å². The summed E-state index contributed by atoms with van der Waals surface area (Å²) in [4.78, 5) is 0. The standard InChI is InChI=1S/C24H32FN3O2S2/c25-20-8-4-5-17(14-20)13-18-15-31-16-21-22(26-27-23(18)21)9-12-32(29,30)28-24(10-11-24)19-6-2-1-3-7-19/h4-5,8,14,18-19,28H,1-3,6-7,9-13,15-16H2,(H,26,27). The van der Waals surface area contributed by atoms with E-state index < -0.39 is 10.0 Å². The Bertz CT molecular complexity index is 1060. The Labute approximate surface area is 194 Å². The van der Waals surface area contributed by atoms with Crippen LogP contribution in [0.25, 0.3) is 0 Å². The number of aromatic nitrogens is 2. The van der Waals surface area contributed by atoms with E-state index in [9.17, 15) is 12.8 Å². The van der Waals surface area contributed by atoms with Gasteiger partial charge >= 0.3 is 0 Å². The molecule has 2 aliphatic carbocycles. The zero-order chi connectivity index (χ0) is 22.2. The van der Waals surface area contributed by atoms with Crippen molar-refractivity contribution in [3.63, 3.8) is 0 Å².